The molecule has 2 aromatic rings. The van der Waals surface area contributed by atoms with Gasteiger partial charge in [-0.2, -0.15) is 0 Å². The van der Waals surface area contributed by atoms with Crippen molar-refractivity contribution in [3.63, 3.8) is 0 Å². The van der Waals surface area contributed by atoms with Crippen molar-refractivity contribution < 1.29 is 18.7 Å². The molecular weight excluding hydrogens is 356 g/mol. The molecule has 0 atom stereocenters. The average Bonchev–Trinajstić information content (AvgIpc) is 3.13. The monoisotopic (exact) mass is 378 g/mol. The molecule has 0 spiro atoms. The van der Waals surface area contributed by atoms with Crippen LogP contribution in [0.5, 0.6) is 5.75 Å². The van der Waals surface area contributed by atoms with Gasteiger partial charge in [-0.3, -0.25) is 9.69 Å². The fourth-order valence-corrected chi connectivity index (χ4v) is 2.89. The minimum Gasteiger partial charge on any atom is -0.486 e. The third-order valence-electron chi connectivity index (χ3n) is 4.10. The van der Waals surface area contributed by atoms with Gasteiger partial charge in [0.15, 0.2) is 5.76 Å². The summed E-state index contributed by atoms with van der Waals surface area (Å²) in [6.07, 6.45) is 0.900. The summed E-state index contributed by atoms with van der Waals surface area (Å²) in [5, 5.41) is 3.49. The maximum Gasteiger partial charge on any atom is 0.286 e. The fourth-order valence-electron chi connectivity index (χ4n) is 2.71. The lowest BCUT2D eigenvalue weighted by Crippen LogP contribution is -2.38. The molecule has 0 bridgehead atoms. The third-order valence-corrected chi connectivity index (χ3v) is 4.34. The lowest BCUT2D eigenvalue weighted by Gasteiger charge is -2.26. The summed E-state index contributed by atoms with van der Waals surface area (Å²) in [6, 6.07) is 10.5. The van der Waals surface area contributed by atoms with Gasteiger partial charge in [-0.25, -0.2) is 0 Å². The van der Waals surface area contributed by atoms with Crippen molar-refractivity contribution in [1.82, 2.24) is 10.2 Å². The van der Waals surface area contributed by atoms with Gasteiger partial charge in [0, 0.05) is 24.7 Å². The minimum absolute atomic E-state index is 0.207. The highest BCUT2D eigenvalue weighted by molar-refractivity contribution is 6.30. The standard InChI is InChI=1S/C19H23ClN2O4/c20-15-3-1-4-16(13-15)25-14-17-5-6-18(26-17)19(23)21-7-2-8-22-9-11-24-12-10-22/h1,3-6,13H,2,7-12,14H2,(H,21,23). The first-order valence-corrected chi connectivity index (χ1v) is 9.14. The van der Waals surface area contributed by atoms with Gasteiger partial charge in [0.2, 0.25) is 0 Å². The smallest absolute Gasteiger partial charge is 0.286 e. The number of furan rings is 1. The van der Waals surface area contributed by atoms with Gasteiger partial charge in [-0.05, 0) is 43.3 Å². The van der Waals surface area contributed by atoms with Crippen LogP contribution in [-0.2, 0) is 11.3 Å². The number of nitrogens with one attached hydrogen (secondary N) is 1. The summed E-state index contributed by atoms with van der Waals surface area (Å²) in [7, 11) is 0. The molecule has 3 rings (SSSR count). The Kier molecular flexibility index (Phi) is 6.94. The van der Waals surface area contributed by atoms with E-state index in [1.165, 1.54) is 0 Å². The van der Waals surface area contributed by atoms with Crippen molar-refractivity contribution in [3.8, 4) is 5.75 Å². The molecular formula is C19H23ClN2O4. The van der Waals surface area contributed by atoms with Gasteiger partial charge in [0.25, 0.3) is 5.91 Å². The lowest BCUT2D eigenvalue weighted by molar-refractivity contribution is 0.0374. The van der Waals surface area contributed by atoms with E-state index in [9.17, 15) is 4.79 Å². The normalized spacial score (nSPS) is 15.0. The molecule has 1 aromatic heterocycles. The number of benzene rings is 1. The van der Waals surface area contributed by atoms with E-state index in [1.54, 1.807) is 24.3 Å². The molecule has 1 amide bonds. The summed E-state index contributed by atoms with van der Waals surface area (Å²) in [5.74, 6) is 1.33. The molecule has 7 heteroatoms. The Morgan fingerprint density at radius 3 is 2.88 bits per heavy atom. The second-order valence-corrected chi connectivity index (χ2v) is 6.51. The first kappa shape index (κ1) is 18.8. The molecule has 0 unspecified atom stereocenters. The SMILES string of the molecule is O=C(NCCCN1CCOCC1)c1ccc(COc2cccc(Cl)c2)o1. The molecule has 1 aromatic carbocycles. The van der Waals surface area contributed by atoms with Crippen LogP contribution < -0.4 is 10.1 Å². The van der Waals surface area contributed by atoms with Crippen LogP contribution in [-0.4, -0.2) is 50.2 Å². The summed E-state index contributed by atoms with van der Waals surface area (Å²) < 4.78 is 16.5. The van der Waals surface area contributed by atoms with Gasteiger partial charge in [-0.1, -0.05) is 17.7 Å². The van der Waals surface area contributed by atoms with Crippen LogP contribution in [0.15, 0.2) is 40.8 Å². The van der Waals surface area contributed by atoms with Gasteiger partial charge < -0.3 is 19.2 Å². The van der Waals surface area contributed by atoms with Crippen LogP contribution in [0.2, 0.25) is 5.02 Å². The topological polar surface area (TPSA) is 63.9 Å². The number of hydrogen-bond donors (Lipinski definition) is 1. The molecule has 0 radical (unpaired) electrons. The number of hydrogen-bond acceptors (Lipinski definition) is 5. The molecule has 1 N–H and O–H groups in total. The molecule has 0 aliphatic carbocycles. The first-order valence-electron chi connectivity index (χ1n) is 8.76. The van der Waals surface area contributed by atoms with Crippen LogP contribution in [0, 0.1) is 0 Å². The second-order valence-electron chi connectivity index (χ2n) is 6.08. The van der Waals surface area contributed by atoms with Crippen molar-refractivity contribution in [2.24, 2.45) is 0 Å². The quantitative estimate of drug-likeness (QED) is 0.715. The summed E-state index contributed by atoms with van der Waals surface area (Å²) in [4.78, 5) is 14.5. The largest absolute Gasteiger partial charge is 0.486 e. The van der Waals surface area contributed by atoms with Gasteiger partial charge in [0.05, 0.1) is 13.2 Å². The van der Waals surface area contributed by atoms with Crippen molar-refractivity contribution in [2.75, 3.05) is 39.4 Å². The van der Waals surface area contributed by atoms with Crippen LogP contribution in [0.3, 0.4) is 0 Å². The van der Waals surface area contributed by atoms with E-state index in [4.69, 9.17) is 25.5 Å². The first-order chi connectivity index (χ1) is 12.7. The number of morpholine rings is 1. The van der Waals surface area contributed by atoms with E-state index >= 15 is 0 Å². The number of halogens is 1. The number of nitrogens with zero attached hydrogens (tertiary/aromatic N) is 1. The van der Waals surface area contributed by atoms with Gasteiger partial charge in [-0.15, -0.1) is 0 Å². The predicted octanol–water partition coefficient (Wildman–Crippen LogP) is 2.96. The highest BCUT2D eigenvalue weighted by Crippen LogP contribution is 2.19. The number of amides is 1. The highest BCUT2D eigenvalue weighted by atomic mass is 35.5. The highest BCUT2D eigenvalue weighted by Gasteiger charge is 2.12. The van der Waals surface area contributed by atoms with Crippen LogP contribution in [0.25, 0.3) is 0 Å². The summed E-state index contributed by atoms with van der Waals surface area (Å²) >= 11 is 5.92. The lowest BCUT2D eigenvalue weighted by atomic mass is 10.3. The molecule has 2 heterocycles. The fraction of sp³-hybridized carbons (Fsp3) is 0.421. The van der Waals surface area contributed by atoms with E-state index in [-0.39, 0.29) is 12.5 Å². The molecule has 140 valence electrons. The van der Waals surface area contributed by atoms with Crippen molar-refractivity contribution in [3.05, 3.63) is 52.9 Å². The Bertz CT molecular complexity index is 713. The Labute approximate surface area is 158 Å². The van der Waals surface area contributed by atoms with Gasteiger partial charge >= 0.3 is 0 Å². The Morgan fingerprint density at radius 1 is 1.23 bits per heavy atom. The summed E-state index contributed by atoms with van der Waals surface area (Å²) in [6.45, 7) is 5.32. The van der Waals surface area contributed by atoms with E-state index in [1.807, 2.05) is 12.1 Å². The maximum absolute atomic E-state index is 12.1. The Hall–Kier alpha value is -2.02. The number of carbonyl (C=O) groups is 1. The maximum atomic E-state index is 12.1. The number of rotatable bonds is 8. The van der Waals surface area contributed by atoms with Crippen molar-refractivity contribution >= 4 is 17.5 Å². The van der Waals surface area contributed by atoms with Gasteiger partial charge in [0.1, 0.15) is 18.1 Å². The Balaban J connectivity index is 1.38. The van der Waals surface area contributed by atoms with E-state index in [0.29, 0.717) is 28.8 Å². The molecule has 26 heavy (non-hydrogen) atoms. The zero-order chi connectivity index (χ0) is 18.2. The zero-order valence-electron chi connectivity index (χ0n) is 14.6. The number of ether oxygens (including phenoxy) is 2. The van der Waals surface area contributed by atoms with E-state index < -0.39 is 0 Å². The van der Waals surface area contributed by atoms with Crippen LogP contribution in [0.1, 0.15) is 22.7 Å². The molecule has 1 fully saturated rings. The van der Waals surface area contributed by atoms with E-state index in [0.717, 1.165) is 39.3 Å². The van der Waals surface area contributed by atoms with E-state index in [2.05, 4.69) is 10.2 Å². The second kappa shape index (κ2) is 9.62. The minimum atomic E-state index is -0.207. The van der Waals surface area contributed by atoms with Crippen LogP contribution in [0.4, 0.5) is 0 Å². The van der Waals surface area contributed by atoms with Crippen molar-refractivity contribution in [1.29, 1.82) is 0 Å². The molecule has 6 nitrogen and oxygen atoms in total. The molecule has 1 saturated heterocycles. The average molecular weight is 379 g/mol. The van der Waals surface area contributed by atoms with Crippen LogP contribution >= 0.6 is 11.6 Å². The molecule has 1 aliphatic heterocycles. The third kappa shape index (κ3) is 5.76. The number of carbonyl (C=O) groups excluding carboxylic acids is 1. The Morgan fingerprint density at radius 2 is 2.08 bits per heavy atom. The summed E-state index contributed by atoms with van der Waals surface area (Å²) in [5.41, 5.74) is 0. The van der Waals surface area contributed by atoms with Crippen molar-refractivity contribution in [2.45, 2.75) is 13.0 Å². The zero-order valence-corrected chi connectivity index (χ0v) is 15.3. The molecule has 1 aliphatic rings. The predicted molar refractivity (Wildman–Crippen MR) is 98.7 cm³/mol. The molecule has 0 saturated carbocycles.